The molecule has 6 radical (unpaired) electrons. The van der Waals surface area contributed by atoms with E-state index in [0.29, 0.717) is 0 Å². The number of hydrogen-bond acceptors (Lipinski definition) is 1. The summed E-state index contributed by atoms with van der Waals surface area (Å²) in [5, 5.41) is 7.00. The third kappa shape index (κ3) is 472. The van der Waals surface area contributed by atoms with Gasteiger partial charge in [0.1, 0.15) is 0 Å². The predicted molar refractivity (Wildman–Crippen MR) is 81.0 cm³/mol. The summed E-state index contributed by atoms with van der Waals surface area (Å²) < 4.78 is 0. The van der Waals surface area contributed by atoms with E-state index in [2.05, 4.69) is 27.7 Å². The first-order valence-electron chi connectivity index (χ1n) is 4.28. The highest BCUT2D eigenvalue weighted by Crippen LogP contribution is 1.77. The van der Waals surface area contributed by atoms with Crippen LogP contribution >= 0.6 is 0 Å². The van der Waals surface area contributed by atoms with Gasteiger partial charge >= 0.3 is 0 Å². The molecule has 0 saturated carbocycles. The van der Waals surface area contributed by atoms with E-state index in [1.54, 1.807) is 0 Å². The zero-order chi connectivity index (χ0) is 8.83. The minimum atomic E-state index is 0. The van der Waals surface area contributed by atoms with Crippen LogP contribution in [0, 0.1) is 0 Å². The Balaban J connectivity index is -0.00000000726. The molecule has 0 saturated heterocycles. The molecule has 0 heterocycles. The third-order valence-corrected chi connectivity index (χ3v) is 1.000. The fourth-order valence-electron chi connectivity index (χ4n) is 0. The summed E-state index contributed by atoms with van der Waals surface area (Å²) in [5.74, 6) is 0. The third-order valence-electron chi connectivity index (χ3n) is 1.000. The van der Waals surface area contributed by atoms with Crippen LogP contribution in [0.2, 0.25) is 0 Å². The van der Waals surface area contributed by atoms with E-state index >= 15 is 0 Å². The van der Waals surface area contributed by atoms with Crippen molar-refractivity contribution in [3.63, 3.8) is 0 Å². The highest BCUT2D eigenvalue weighted by atomic mass is 16.2. The van der Waals surface area contributed by atoms with Crippen molar-refractivity contribution in [2.24, 2.45) is 0 Å². The molecule has 1 nitrogen and oxygen atoms in total. The van der Waals surface area contributed by atoms with Gasteiger partial charge in [0.05, 0.1) is 0 Å². The van der Waals surface area contributed by atoms with Gasteiger partial charge in [-0.3, -0.25) is 0 Å². The Kier molecular flexibility index (Phi) is 573. The quantitative estimate of drug-likeness (QED) is 0.682. The van der Waals surface area contributed by atoms with Gasteiger partial charge in [-0.1, -0.05) is 75.7 Å². The van der Waals surface area contributed by atoms with Crippen molar-refractivity contribution >= 4 is 16.8 Å². The van der Waals surface area contributed by atoms with Gasteiger partial charge in [-0.15, -0.1) is 0 Å². The SMILES string of the molecule is C.C.C.CCCC.CCCC.CO.[B].[B]. The van der Waals surface area contributed by atoms with Gasteiger partial charge in [0.2, 0.25) is 0 Å². The number of aliphatic hydroxyl groups excluding tert-OH is 1. The van der Waals surface area contributed by atoms with E-state index in [4.69, 9.17) is 5.11 Å². The Morgan fingerprint density at radius 2 is 0.600 bits per heavy atom. The largest absolute Gasteiger partial charge is 0.400 e. The minimum Gasteiger partial charge on any atom is -0.400 e. The van der Waals surface area contributed by atoms with Crippen molar-refractivity contribution in [3.05, 3.63) is 0 Å². The Hall–Kier alpha value is 0.0899. The lowest BCUT2D eigenvalue weighted by atomic mass is 10.4. The molecule has 0 aliphatic heterocycles. The smallest absolute Gasteiger partial charge is 0.0319 e. The molecule has 0 atom stereocenters. The Bertz CT molecular complexity index is 21.6. The predicted octanol–water partition coefficient (Wildman–Crippen LogP) is 4.37. The second kappa shape index (κ2) is 144. The normalized spacial score (nSPS) is 4.40. The van der Waals surface area contributed by atoms with Gasteiger partial charge in [-0.25, -0.2) is 0 Å². The minimum absolute atomic E-state index is 0. The molecule has 1 N–H and O–H groups in total. The summed E-state index contributed by atoms with van der Waals surface area (Å²) in [7, 11) is 1.00. The molecule has 3 heteroatoms. The van der Waals surface area contributed by atoms with Crippen LogP contribution in [-0.4, -0.2) is 29.0 Å². The highest BCUT2D eigenvalue weighted by Gasteiger charge is 1.56. The summed E-state index contributed by atoms with van der Waals surface area (Å²) in [4.78, 5) is 0. The van der Waals surface area contributed by atoms with Gasteiger partial charge in [-0.2, -0.15) is 0 Å². The maximum Gasteiger partial charge on any atom is 0.0319 e. The monoisotopic (exact) mass is 218 g/mol. The maximum atomic E-state index is 7.00. The van der Waals surface area contributed by atoms with E-state index < -0.39 is 0 Å². The van der Waals surface area contributed by atoms with Crippen molar-refractivity contribution in [2.75, 3.05) is 7.11 Å². The van der Waals surface area contributed by atoms with Crippen LogP contribution in [0.5, 0.6) is 0 Å². The molecule has 0 rings (SSSR count). The zero-order valence-electron chi connectivity index (χ0n) is 9.43. The van der Waals surface area contributed by atoms with Crippen LogP contribution in [0.3, 0.4) is 0 Å². The van der Waals surface area contributed by atoms with E-state index in [-0.39, 0.29) is 39.1 Å². The average Bonchev–Trinajstić information content (AvgIpc) is 2.08. The maximum absolute atomic E-state index is 7.00. The molecule has 0 aromatic heterocycles. The molecule has 15 heavy (non-hydrogen) atoms. The fourth-order valence-corrected chi connectivity index (χ4v) is 0. The Morgan fingerprint density at radius 1 is 0.533 bits per heavy atom. The number of hydrogen-bond donors (Lipinski definition) is 1. The van der Waals surface area contributed by atoms with Crippen LogP contribution in [0.25, 0.3) is 0 Å². The molecule has 0 bridgehead atoms. The zero-order valence-corrected chi connectivity index (χ0v) is 9.43. The Morgan fingerprint density at radius 3 is 0.600 bits per heavy atom. The fraction of sp³-hybridized carbons (Fsp3) is 1.00. The molecule has 0 fully saturated rings. The lowest BCUT2D eigenvalue weighted by molar-refractivity contribution is 0.399. The summed E-state index contributed by atoms with van der Waals surface area (Å²) in [6, 6.07) is 0. The number of unbranched alkanes of at least 4 members (excludes halogenated alkanes) is 2. The molecular formula is C12H36B2O. The first-order chi connectivity index (χ1) is 4.83. The first-order valence-corrected chi connectivity index (χ1v) is 4.28. The van der Waals surface area contributed by atoms with Crippen LogP contribution in [-0.2, 0) is 0 Å². The second-order valence-corrected chi connectivity index (χ2v) is 2.00. The number of aliphatic hydroxyl groups is 1. The van der Waals surface area contributed by atoms with Crippen LogP contribution in [0.1, 0.15) is 75.7 Å². The Labute approximate surface area is 105 Å². The van der Waals surface area contributed by atoms with Crippen molar-refractivity contribution in [1.29, 1.82) is 0 Å². The van der Waals surface area contributed by atoms with Gasteiger partial charge in [0.15, 0.2) is 0 Å². The summed E-state index contributed by atoms with van der Waals surface area (Å²) in [6.07, 6.45) is 5.28. The van der Waals surface area contributed by atoms with Gasteiger partial charge in [0.25, 0.3) is 0 Å². The lowest BCUT2D eigenvalue weighted by Crippen LogP contribution is -1.47. The van der Waals surface area contributed by atoms with E-state index in [9.17, 15) is 0 Å². The molecule has 0 aromatic rings. The van der Waals surface area contributed by atoms with E-state index in [1.165, 1.54) is 25.7 Å². The topological polar surface area (TPSA) is 20.2 Å². The molecule has 0 aliphatic rings. The van der Waals surface area contributed by atoms with Crippen molar-refractivity contribution in [3.8, 4) is 0 Å². The summed E-state index contributed by atoms with van der Waals surface area (Å²) in [5.41, 5.74) is 0. The van der Waals surface area contributed by atoms with E-state index in [1.807, 2.05) is 0 Å². The first kappa shape index (κ1) is 59.6. The molecule has 0 spiro atoms. The molecule has 0 amide bonds. The highest BCUT2D eigenvalue weighted by molar-refractivity contribution is 5.76. The van der Waals surface area contributed by atoms with Crippen molar-refractivity contribution < 1.29 is 5.11 Å². The van der Waals surface area contributed by atoms with Crippen LogP contribution in [0.4, 0.5) is 0 Å². The molecule has 0 unspecified atom stereocenters. The van der Waals surface area contributed by atoms with Crippen molar-refractivity contribution in [1.82, 2.24) is 0 Å². The molecule has 96 valence electrons. The molecule has 0 aromatic carbocycles. The van der Waals surface area contributed by atoms with E-state index in [0.717, 1.165) is 7.11 Å². The molecular weight excluding hydrogens is 182 g/mol. The van der Waals surface area contributed by atoms with Crippen LogP contribution < -0.4 is 0 Å². The number of rotatable bonds is 2. The summed E-state index contributed by atoms with van der Waals surface area (Å²) in [6.45, 7) is 8.72. The van der Waals surface area contributed by atoms with Gasteiger partial charge in [0, 0.05) is 23.9 Å². The second-order valence-electron chi connectivity index (χ2n) is 2.00. The van der Waals surface area contributed by atoms with Crippen molar-refractivity contribution in [2.45, 2.75) is 75.7 Å². The lowest BCUT2D eigenvalue weighted by Gasteiger charge is -1.68. The van der Waals surface area contributed by atoms with Gasteiger partial charge < -0.3 is 5.11 Å². The van der Waals surface area contributed by atoms with Gasteiger partial charge in [-0.05, 0) is 0 Å². The van der Waals surface area contributed by atoms with Crippen LogP contribution in [0.15, 0.2) is 0 Å². The average molecular weight is 218 g/mol. The standard InChI is InChI=1S/2C4H10.CH4O.3CH4.2B/c2*1-3-4-2;1-2;;;;;/h2*3-4H2,1-2H3;2H,1H3;3*1H4;;. The summed E-state index contributed by atoms with van der Waals surface area (Å²) >= 11 is 0. The molecule has 0 aliphatic carbocycles.